The predicted molar refractivity (Wildman–Crippen MR) is 73.9 cm³/mol. The van der Waals surface area contributed by atoms with Crippen LogP contribution < -0.4 is 5.73 Å². The number of rotatable bonds is 5. The van der Waals surface area contributed by atoms with Crippen LogP contribution in [-0.4, -0.2) is 30.1 Å². The quantitative estimate of drug-likeness (QED) is 0.798. The highest BCUT2D eigenvalue weighted by Gasteiger charge is 2.52. The van der Waals surface area contributed by atoms with Gasteiger partial charge in [0.05, 0.1) is 0 Å². The summed E-state index contributed by atoms with van der Waals surface area (Å²) in [5.74, 6) is 2.62. The summed E-state index contributed by atoms with van der Waals surface area (Å²) in [5, 5.41) is 0. The second-order valence-electron chi connectivity index (χ2n) is 6.98. The summed E-state index contributed by atoms with van der Waals surface area (Å²) in [4.78, 5) is 2.64. The summed E-state index contributed by atoms with van der Waals surface area (Å²) < 4.78 is 0. The first-order valence-electron chi connectivity index (χ1n) is 7.42. The Morgan fingerprint density at radius 2 is 2.00 bits per heavy atom. The first-order chi connectivity index (χ1) is 7.99. The van der Waals surface area contributed by atoms with E-state index in [1.54, 1.807) is 0 Å². The number of hydrogen-bond acceptors (Lipinski definition) is 2. The molecule has 0 amide bonds. The Kier molecular flexibility index (Phi) is 3.84. The van der Waals surface area contributed by atoms with Crippen LogP contribution in [0.2, 0.25) is 0 Å². The minimum atomic E-state index is 0.331. The third kappa shape index (κ3) is 2.26. The first kappa shape index (κ1) is 13.4. The summed E-state index contributed by atoms with van der Waals surface area (Å²) in [6.07, 6.45) is 6.96. The molecule has 4 unspecified atom stereocenters. The van der Waals surface area contributed by atoms with Gasteiger partial charge < -0.3 is 5.73 Å². The minimum absolute atomic E-state index is 0.331. The fraction of sp³-hybridized carbons (Fsp3) is 1.00. The van der Waals surface area contributed by atoms with Crippen LogP contribution in [0.25, 0.3) is 0 Å². The average Bonchev–Trinajstić information content (AvgIpc) is 2.87. The Hall–Kier alpha value is -0.0800. The van der Waals surface area contributed by atoms with E-state index in [0.717, 1.165) is 24.3 Å². The molecule has 0 saturated heterocycles. The SMILES string of the molecule is CC(C)CC(C)N(C)C1(CN)CC2CCC1C2. The van der Waals surface area contributed by atoms with Crippen LogP contribution in [0.3, 0.4) is 0 Å². The molecule has 4 atom stereocenters. The molecule has 2 saturated carbocycles. The molecule has 100 valence electrons. The van der Waals surface area contributed by atoms with Crippen LogP contribution in [0.15, 0.2) is 0 Å². The molecule has 0 radical (unpaired) electrons. The standard InChI is InChI=1S/C15H30N2/c1-11(2)7-12(3)17(4)15(10-16)9-13-5-6-14(15)8-13/h11-14H,5-10,16H2,1-4H3. The van der Waals surface area contributed by atoms with Crippen molar-refractivity contribution in [2.24, 2.45) is 23.5 Å². The van der Waals surface area contributed by atoms with Crippen LogP contribution in [-0.2, 0) is 0 Å². The van der Waals surface area contributed by atoms with Crippen molar-refractivity contribution >= 4 is 0 Å². The molecule has 0 aliphatic heterocycles. The fourth-order valence-electron chi connectivity index (χ4n) is 4.52. The maximum Gasteiger partial charge on any atom is 0.0362 e. The Bertz CT molecular complexity index is 264. The topological polar surface area (TPSA) is 29.3 Å². The van der Waals surface area contributed by atoms with Gasteiger partial charge in [-0.2, -0.15) is 0 Å². The first-order valence-corrected chi connectivity index (χ1v) is 7.42. The molecule has 2 bridgehead atoms. The Balaban J connectivity index is 2.07. The normalized spacial score (nSPS) is 38.3. The van der Waals surface area contributed by atoms with Gasteiger partial charge in [-0.15, -0.1) is 0 Å². The zero-order valence-corrected chi connectivity index (χ0v) is 12.1. The van der Waals surface area contributed by atoms with Crippen LogP contribution in [0.4, 0.5) is 0 Å². The summed E-state index contributed by atoms with van der Waals surface area (Å²) in [6, 6.07) is 0.665. The zero-order chi connectivity index (χ0) is 12.6. The lowest BCUT2D eigenvalue weighted by molar-refractivity contribution is 0.0278. The minimum Gasteiger partial charge on any atom is -0.329 e. The van der Waals surface area contributed by atoms with E-state index < -0.39 is 0 Å². The largest absolute Gasteiger partial charge is 0.329 e. The van der Waals surface area contributed by atoms with E-state index in [4.69, 9.17) is 5.73 Å². The molecule has 2 fully saturated rings. The summed E-state index contributed by atoms with van der Waals surface area (Å²) in [5.41, 5.74) is 6.51. The van der Waals surface area contributed by atoms with E-state index in [1.807, 2.05) is 0 Å². The van der Waals surface area contributed by atoms with Crippen molar-refractivity contribution in [1.29, 1.82) is 0 Å². The smallest absolute Gasteiger partial charge is 0.0362 e. The molecule has 0 spiro atoms. The van der Waals surface area contributed by atoms with Gasteiger partial charge in [-0.25, -0.2) is 0 Å². The molecule has 2 rings (SSSR count). The third-order valence-corrected chi connectivity index (χ3v) is 5.47. The zero-order valence-electron chi connectivity index (χ0n) is 12.1. The van der Waals surface area contributed by atoms with Gasteiger partial charge in [0.2, 0.25) is 0 Å². The highest BCUT2D eigenvalue weighted by molar-refractivity contribution is 5.08. The third-order valence-electron chi connectivity index (χ3n) is 5.47. The molecule has 2 N–H and O–H groups in total. The summed E-state index contributed by atoms with van der Waals surface area (Å²) in [6.45, 7) is 7.87. The maximum absolute atomic E-state index is 6.18. The molecular formula is C15H30N2. The predicted octanol–water partition coefficient (Wildman–Crippen LogP) is 2.87. The van der Waals surface area contributed by atoms with Gasteiger partial charge in [-0.3, -0.25) is 4.90 Å². The highest BCUT2D eigenvalue weighted by atomic mass is 15.2. The molecule has 0 aromatic heterocycles. The number of likely N-dealkylation sites (N-methyl/N-ethyl adjacent to an activating group) is 1. The van der Waals surface area contributed by atoms with E-state index >= 15 is 0 Å². The van der Waals surface area contributed by atoms with Crippen molar-refractivity contribution in [3.05, 3.63) is 0 Å². The summed E-state index contributed by atoms with van der Waals surface area (Å²) >= 11 is 0. The summed E-state index contributed by atoms with van der Waals surface area (Å²) in [7, 11) is 2.32. The van der Waals surface area contributed by atoms with Crippen molar-refractivity contribution in [1.82, 2.24) is 4.90 Å². The highest BCUT2D eigenvalue weighted by Crippen LogP contribution is 2.53. The second-order valence-corrected chi connectivity index (χ2v) is 6.98. The number of nitrogens with zero attached hydrogens (tertiary/aromatic N) is 1. The van der Waals surface area contributed by atoms with Gasteiger partial charge in [0, 0.05) is 18.1 Å². The van der Waals surface area contributed by atoms with E-state index in [2.05, 4.69) is 32.7 Å². The van der Waals surface area contributed by atoms with Crippen LogP contribution in [0.1, 0.15) is 52.9 Å². The van der Waals surface area contributed by atoms with E-state index in [9.17, 15) is 0 Å². The van der Waals surface area contributed by atoms with Crippen molar-refractivity contribution in [3.8, 4) is 0 Å². The molecule has 2 nitrogen and oxygen atoms in total. The Morgan fingerprint density at radius 3 is 2.41 bits per heavy atom. The molecule has 2 aliphatic rings. The van der Waals surface area contributed by atoms with Crippen molar-refractivity contribution in [2.45, 2.75) is 64.5 Å². The van der Waals surface area contributed by atoms with Gasteiger partial charge in [0.15, 0.2) is 0 Å². The molecule has 2 aliphatic carbocycles. The van der Waals surface area contributed by atoms with Gasteiger partial charge in [-0.1, -0.05) is 20.3 Å². The molecule has 0 heterocycles. The van der Waals surface area contributed by atoms with Gasteiger partial charge in [0.25, 0.3) is 0 Å². The van der Waals surface area contributed by atoms with Crippen LogP contribution in [0, 0.1) is 17.8 Å². The Labute approximate surface area is 107 Å². The van der Waals surface area contributed by atoms with Crippen molar-refractivity contribution < 1.29 is 0 Å². The molecule has 17 heavy (non-hydrogen) atoms. The molecule has 0 aromatic carbocycles. The Morgan fingerprint density at radius 1 is 1.29 bits per heavy atom. The number of hydrogen-bond donors (Lipinski definition) is 1. The van der Waals surface area contributed by atoms with Gasteiger partial charge in [0.1, 0.15) is 0 Å². The van der Waals surface area contributed by atoms with Crippen LogP contribution in [0.5, 0.6) is 0 Å². The van der Waals surface area contributed by atoms with E-state index in [-0.39, 0.29) is 0 Å². The number of nitrogens with two attached hydrogens (primary N) is 1. The van der Waals surface area contributed by atoms with E-state index in [0.29, 0.717) is 11.6 Å². The van der Waals surface area contributed by atoms with Gasteiger partial charge in [-0.05, 0) is 57.4 Å². The lowest BCUT2D eigenvalue weighted by atomic mass is 9.78. The van der Waals surface area contributed by atoms with E-state index in [1.165, 1.54) is 32.1 Å². The molecule has 0 aromatic rings. The fourth-order valence-corrected chi connectivity index (χ4v) is 4.52. The van der Waals surface area contributed by atoms with Gasteiger partial charge >= 0.3 is 0 Å². The number of fused-ring (bicyclic) bond motifs is 2. The average molecular weight is 238 g/mol. The molecular weight excluding hydrogens is 208 g/mol. The monoisotopic (exact) mass is 238 g/mol. The molecule has 2 heteroatoms. The maximum atomic E-state index is 6.18. The lowest BCUT2D eigenvalue weighted by Crippen LogP contribution is -2.58. The van der Waals surface area contributed by atoms with Crippen molar-refractivity contribution in [2.75, 3.05) is 13.6 Å². The lowest BCUT2D eigenvalue weighted by Gasteiger charge is -2.48. The van der Waals surface area contributed by atoms with Crippen LogP contribution >= 0.6 is 0 Å². The second kappa shape index (κ2) is 4.89. The van der Waals surface area contributed by atoms with Crippen molar-refractivity contribution in [3.63, 3.8) is 0 Å².